The number of methoxy groups -OCH3 is 2. The number of carbonyl (C=O) groups is 1. The maximum atomic E-state index is 13.6. The van der Waals surface area contributed by atoms with E-state index in [0.29, 0.717) is 28.9 Å². The molecule has 186 valence electrons. The van der Waals surface area contributed by atoms with Crippen LogP contribution in [0.25, 0.3) is 0 Å². The van der Waals surface area contributed by atoms with Crippen LogP contribution in [0, 0.1) is 6.92 Å². The topological polar surface area (TPSA) is 84.9 Å². The lowest BCUT2D eigenvalue weighted by molar-refractivity contribution is -0.119. The Balaban J connectivity index is 1.73. The molecule has 0 atom stereocenters. The lowest BCUT2D eigenvalue weighted by atomic mass is 10.1. The first-order chi connectivity index (χ1) is 16.7. The van der Waals surface area contributed by atoms with Crippen LogP contribution in [-0.2, 0) is 21.2 Å². The molecule has 0 aliphatic rings. The smallest absolute Gasteiger partial charge is 0.264 e. The summed E-state index contributed by atoms with van der Waals surface area (Å²) in [4.78, 5) is 12.8. The third-order valence-electron chi connectivity index (χ3n) is 5.42. The molecule has 7 nitrogen and oxygen atoms in total. The molecule has 3 rings (SSSR count). The van der Waals surface area contributed by atoms with Crippen molar-refractivity contribution >= 4 is 37.5 Å². The molecular weight excluding hydrogens is 532 g/mol. The number of rotatable bonds is 11. The van der Waals surface area contributed by atoms with Gasteiger partial charge in [0.1, 0.15) is 18.0 Å². The summed E-state index contributed by atoms with van der Waals surface area (Å²) in [5, 5.41) is 2.84. The van der Waals surface area contributed by atoms with E-state index in [1.807, 2.05) is 43.3 Å². The van der Waals surface area contributed by atoms with Gasteiger partial charge < -0.3 is 14.8 Å². The van der Waals surface area contributed by atoms with Gasteiger partial charge in [-0.15, -0.1) is 0 Å². The Kier molecular flexibility index (Phi) is 9.17. The highest BCUT2D eigenvalue weighted by Crippen LogP contribution is 2.30. The third kappa shape index (κ3) is 6.99. The second-order valence-electron chi connectivity index (χ2n) is 7.95. The van der Waals surface area contributed by atoms with Gasteiger partial charge in [0, 0.05) is 6.54 Å². The largest absolute Gasteiger partial charge is 0.497 e. The highest BCUT2D eigenvalue weighted by Gasteiger charge is 2.28. The Labute approximate surface area is 215 Å². The summed E-state index contributed by atoms with van der Waals surface area (Å²) in [6, 6.07) is 19.3. The van der Waals surface area contributed by atoms with Crippen LogP contribution in [0.2, 0.25) is 0 Å². The lowest BCUT2D eigenvalue weighted by Crippen LogP contribution is -2.41. The fourth-order valence-corrected chi connectivity index (χ4v) is 5.64. The molecule has 0 saturated heterocycles. The number of carbonyl (C=O) groups excluding carboxylic acids is 1. The highest BCUT2D eigenvalue weighted by molar-refractivity contribution is 9.10. The summed E-state index contributed by atoms with van der Waals surface area (Å²) < 4.78 is 39.2. The Hall–Kier alpha value is -3.04. The van der Waals surface area contributed by atoms with E-state index in [-0.39, 0.29) is 17.3 Å². The van der Waals surface area contributed by atoms with Gasteiger partial charge in [0.25, 0.3) is 10.0 Å². The van der Waals surface area contributed by atoms with Crippen LogP contribution in [0.1, 0.15) is 17.5 Å². The molecule has 1 N–H and O–H groups in total. The standard InChI is InChI=1S/C26H29BrN2O5S/c1-19-9-11-21(12-10-19)29(35(31,32)23-13-14-25(34-3)24(27)17-23)18-26(30)28-15-5-7-20-6-4-8-22(16-20)33-2/h4,6,8-14,16-17H,5,7,15,18H2,1-3H3,(H,28,30). The Morgan fingerprint density at radius 3 is 2.40 bits per heavy atom. The zero-order valence-electron chi connectivity index (χ0n) is 20.0. The van der Waals surface area contributed by atoms with Crippen molar-refractivity contribution in [2.45, 2.75) is 24.7 Å². The van der Waals surface area contributed by atoms with E-state index in [1.54, 1.807) is 25.3 Å². The number of nitrogens with zero attached hydrogens (tertiary/aromatic N) is 1. The first-order valence-corrected chi connectivity index (χ1v) is 13.3. The van der Waals surface area contributed by atoms with Crippen LogP contribution in [0.3, 0.4) is 0 Å². The predicted octanol–water partition coefficient (Wildman–Crippen LogP) is 4.72. The fraction of sp³-hybridized carbons (Fsp3) is 0.269. The van der Waals surface area contributed by atoms with Gasteiger partial charge in [-0.3, -0.25) is 9.10 Å². The van der Waals surface area contributed by atoms with Crippen molar-refractivity contribution in [3.05, 3.63) is 82.3 Å². The number of hydrogen-bond donors (Lipinski definition) is 1. The summed E-state index contributed by atoms with van der Waals surface area (Å²) in [6.07, 6.45) is 1.47. The minimum absolute atomic E-state index is 0.0524. The molecule has 35 heavy (non-hydrogen) atoms. The molecule has 0 aromatic heterocycles. The highest BCUT2D eigenvalue weighted by atomic mass is 79.9. The second kappa shape index (κ2) is 12.1. The maximum Gasteiger partial charge on any atom is 0.264 e. The van der Waals surface area contributed by atoms with E-state index in [2.05, 4.69) is 21.2 Å². The van der Waals surface area contributed by atoms with Crippen molar-refractivity contribution in [1.29, 1.82) is 0 Å². The van der Waals surface area contributed by atoms with E-state index in [0.717, 1.165) is 27.6 Å². The summed E-state index contributed by atoms with van der Waals surface area (Å²) in [6.45, 7) is 2.00. The summed E-state index contributed by atoms with van der Waals surface area (Å²) in [7, 11) is -0.889. The monoisotopic (exact) mass is 560 g/mol. The first kappa shape index (κ1) is 26.6. The normalized spacial score (nSPS) is 11.1. The molecule has 0 heterocycles. The predicted molar refractivity (Wildman–Crippen MR) is 141 cm³/mol. The Morgan fingerprint density at radius 2 is 1.74 bits per heavy atom. The van der Waals surface area contributed by atoms with Gasteiger partial charge in [0.05, 0.1) is 29.3 Å². The summed E-state index contributed by atoms with van der Waals surface area (Å²) in [5.41, 5.74) is 2.50. The van der Waals surface area contributed by atoms with Gasteiger partial charge in [-0.05, 0) is 83.7 Å². The number of aryl methyl sites for hydroxylation is 2. The summed E-state index contributed by atoms with van der Waals surface area (Å²) in [5.74, 6) is 0.919. The minimum atomic E-state index is -4.02. The summed E-state index contributed by atoms with van der Waals surface area (Å²) >= 11 is 3.34. The third-order valence-corrected chi connectivity index (χ3v) is 7.81. The van der Waals surface area contributed by atoms with Crippen LogP contribution >= 0.6 is 15.9 Å². The SMILES string of the molecule is COc1cccc(CCCNC(=O)CN(c2ccc(C)cc2)S(=O)(=O)c2ccc(OC)c(Br)c2)c1. The number of nitrogens with one attached hydrogen (secondary N) is 1. The van der Waals surface area contributed by atoms with Gasteiger partial charge in [-0.2, -0.15) is 0 Å². The van der Waals surface area contributed by atoms with E-state index in [9.17, 15) is 13.2 Å². The van der Waals surface area contributed by atoms with Crippen LogP contribution in [0.15, 0.2) is 76.1 Å². The van der Waals surface area contributed by atoms with Crippen molar-refractivity contribution in [1.82, 2.24) is 5.32 Å². The van der Waals surface area contributed by atoms with Gasteiger partial charge in [-0.25, -0.2) is 8.42 Å². The molecule has 1 amide bonds. The van der Waals surface area contributed by atoms with Gasteiger partial charge in [-0.1, -0.05) is 29.8 Å². The number of halogens is 1. The molecule has 0 spiro atoms. The average molecular weight is 561 g/mol. The number of anilines is 1. The number of sulfonamides is 1. The molecule has 9 heteroatoms. The van der Waals surface area contributed by atoms with Crippen LogP contribution in [-0.4, -0.2) is 41.6 Å². The minimum Gasteiger partial charge on any atom is -0.497 e. The van der Waals surface area contributed by atoms with Crippen molar-refractivity contribution in [3.8, 4) is 11.5 Å². The van der Waals surface area contributed by atoms with Crippen molar-refractivity contribution in [2.75, 3.05) is 31.6 Å². The number of amides is 1. The number of hydrogen-bond acceptors (Lipinski definition) is 5. The zero-order chi connectivity index (χ0) is 25.4. The van der Waals surface area contributed by atoms with Gasteiger partial charge in [0.2, 0.25) is 5.91 Å². The van der Waals surface area contributed by atoms with E-state index < -0.39 is 10.0 Å². The Bertz CT molecular complexity index is 1260. The molecular formula is C26H29BrN2O5S. The molecule has 0 saturated carbocycles. The zero-order valence-corrected chi connectivity index (χ0v) is 22.4. The molecule has 3 aromatic carbocycles. The quantitative estimate of drug-likeness (QED) is 0.343. The second-order valence-corrected chi connectivity index (χ2v) is 10.7. The molecule has 0 aliphatic heterocycles. The Morgan fingerprint density at radius 1 is 1.00 bits per heavy atom. The van der Waals surface area contributed by atoms with E-state index in [1.165, 1.54) is 19.2 Å². The van der Waals surface area contributed by atoms with Crippen LogP contribution in [0.5, 0.6) is 11.5 Å². The van der Waals surface area contributed by atoms with Crippen molar-refractivity contribution in [2.24, 2.45) is 0 Å². The molecule has 0 fully saturated rings. The number of benzene rings is 3. The first-order valence-electron chi connectivity index (χ1n) is 11.1. The van der Waals surface area contributed by atoms with Crippen molar-refractivity contribution in [3.63, 3.8) is 0 Å². The molecule has 0 unspecified atom stereocenters. The van der Waals surface area contributed by atoms with E-state index in [4.69, 9.17) is 9.47 Å². The van der Waals surface area contributed by atoms with Crippen molar-refractivity contribution < 1.29 is 22.7 Å². The number of ether oxygens (including phenoxy) is 2. The molecule has 0 radical (unpaired) electrons. The molecule has 0 aliphatic carbocycles. The van der Waals surface area contributed by atoms with Crippen LogP contribution < -0.4 is 19.1 Å². The van der Waals surface area contributed by atoms with Gasteiger partial charge >= 0.3 is 0 Å². The maximum absolute atomic E-state index is 13.6. The van der Waals surface area contributed by atoms with E-state index >= 15 is 0 Å². The molecule has 0 bridgehead atoms. The lowest BCUT2D eigenvalue weighted by Gasteiger charge is -2.24. The van der Waals surface area contributed by atoms with Crippen LogP contribution in [0.4, 0.5) is 5.69 Å². The molecule has 3 aromatic rings. The van der Waals surface area contributed by atoms with Gasteiger partial charge in [0.15, 0.2) is 0 Å². The average Bonchev–Trinajstić information content (AvgIpc) is 2.86. The fourth-order valence-electron chi connectivity index (χ4n) is 3.50.